The van der Waals surface area contributed by atoms with Crippen LogP contribution in [0.4, 0.5) is 0 Å². The summed E-state index contributed by atoms with van der Waals surface area (Å²) in [6, 6.07) is 1.84. The van der Waals surface area contributed by atoms with Gasteiger partial charge in [-0.15, -0.1) is 0 Å². The van der Waals surface area contributed by atoms with E-state index in [1.807, 2.05) is 13.8 Å². The van der Waals surface area contributed by atoms with E-state index in [9.17, 15) is 4.79 Å². The SMILES string of the molecule is CC(C)NCc1cnccc1C(=O)O. The van der Waals surface area contributed by atoms with Gasteiger partial charge >= 0.3 is 5.97 Å². The Balaban J connectivity index is 2.79. The van der Waals surface area contributed by atoms with Crippen molar-refractivity contribution in [3.05, 3.63) is 29.6 Å². The number of pyridine rings is 1. The molecular formula is C10H14N2O2. The summed E-state index contributed by atoms with van der Waals surface area (Å²) in [5.41, 5.74) is 1.03. The Morgan fingerprint density at radius 2 is 2.36 bits per heavy atom. The second-order valence-electron chi connectivity index (χ2n) is 3.37. The molecule has 4 nitrogen and oxygen atoms in total. The number of nitrogens with one attached hydrogen (secondary N) is 1. The Bertz CT molecular complexity index is 324. The monoisotopic (exact) mass is 194 g/mol. The minimum atomic E-state index is -0.909. The molecule has 1 heterocycles. The molecule has 2 N–H and O–H groups in total. The molecule has 0 bridgehead atoms. The summed E-state index contributed by atoms with van der Waals surface area (Å²) in [4.78, 5) is 14.7. The van der Waals surface area contributed by atoms with Gasteiger partial charge in [-0.25, -0.2) is 4.79 Å². The zero-order valence-electron chi connectivity index (χ0n) is 8.32. The quantitative estimate of drug-likeness (QED) is 0.757. The molecule has 76 valence electrons. The van der Waals surface area contributed by atoms with E-state index in [1.165, 1.54) is 12.3 Å². The van der Waals surface area contributed by atoms with Gasteiger partial charge in [-0.1, -0.05) is 13.8 Å². The molecule has 0 aliphatic rings. The van der Waals surface area contributed by atoms with Crippen molar-refractivity contribution in [2.24, 2.45) is 0 Å². The maximum Gasteiger partial charge on any atom is 0.336 e. The first-order valence-electron chi connectivity index (χ1n) is 4.51. The van der Waals surface area contributed by atoms with Gasteiger partial charge < -0.3 is 10.4 Å². The summed E-state index contributed by atoms with van der Waals surface area (Å²) in [5, 5.41) is 12.0. The zero-order valence-corrected chi connectivity index (χ0v) is 8.32. The maximum atomic E-state index is 10.8. The highest BCUT2D eigenvalue weighted by Crippen LogP contribution is 2.06. The highest BCUT2D eigenvalue weighted by atomic mass is 16.4. The summed E-state index contributed by atoms with van der Waals surface area (Å²) < 4.78 is 0. The van der Waals surface area contributed by atoms with Gasteiger partial charge in [-0.05, 0) is 11.6 Å². The lowest BCUT2D eigenvalue weighted by Crippen LogP contribution is -2.23. The van der Waals surface area contributed by atoms with Crippen LogP contribution in [-0.4, -0.2) is 22.1 Å². The fourth-order valence-corrected chi connectivity index (χ4v) is 1.09. The Morgan fingerprint density at radius 1 is 1.64 bits per heavy atom. The van der Waals surface area contributed by atoms with Gasteiger partial charge in [-0.3, -0.25) is 4.98 Å². The molecule has 0 saturated carbocycles. The van der Waals surface area contributed by atoms with E-state index in [0.717, 1.165) is 0 Å². The van der Waals surface area contributed by atoms with Gasteiger partial charge in [0.05, 0.1) is 5.56 Å². The number of aromatic nitrogens is 1. The number of aromatic carboxylic acids is 1. The standard InChI is InChI=1S/C10H14N2O2/c1-7(2)12-6-8-5-11-4-3-9(8)10(13)14/h3-5,7,12H,6H2,1-2H3,(H,13,14). The first-order valence-corrected chi connectivity index (χ1v) is 4.51. The third kappa shape index (κ3) is 2.81. The molecule has 0 spiro atoms. The fraction of sp³-hybridized carbons (Fsp3) is 0.400. The van der Waals surface area contributed by atoms with E-state index < -0.39 is 5.97 Å². The van der Waals surface area contributed by atoms with Gasteiger partial charge in [-0.2, -0.15) is 0 Å². The predicted molar refractivity (Wildman–Crippen MR) is 53.2 cm³/mol. The molecule has 14 heavy (non-hydrogen) atoms. The minimum absolute atomic E-state index is 0.313. The average Bonchev–Trinajstić information content (AvgIpc) is 2.15. The summed E-state index contributed by atoms with van der Waals surface area (Å²) in [6.07, 6.45) is 3.07. The summed E-state index contributed by atoms with van der Waals surface area (Å²) in [5.74, 6) is -0.909. The summed E-state index contributed by atoms with van der Waals surface area (Å²) in [7, 11) is 0. The Hall–Kier alpha value is -1.42. The van der Waals surface area contributed by atoms with E-state index in [4.69, 9.17) is 5.11 Å². The lowest BCUT2D eigenvalue weighted by molar-refractivity contribution is 0.0695. The topological polar surface area (TPSA) is 62.2 Å². The van der Waals surface area contributed by atoms with Gasteiger partial charge in [0.1, 0.15) is 0 Å². The van der Waals surface area contributed by atoms with Crippen molar-refractivity contribution in [3.8, 4) is 0 Å². The van der Waals surface area contributed by atoms with Crippen molar-refractivity contribution in [1.82, 2.24) is 10.3 Å². The molecule has 0 radical (unpaired) electrons. The van der Waals surface area contributed by atoms with Crippen LogP contribution in [0, 0.1) is 0 Å². The molecule has 0 aliphatic carbocycles. The van der Waals surface area contributed by atoms with Crippen molar-refractivity contribution in [1.29, 1.82) is 0 Å². The van der Waals surface area contributed by atoms with Crippen LogP contribution < -0.4 is 5.32 Å². The second kappa shape index (κ2) is 4.72. The van der Waals surface area contributed by atoms with E-state index in [-0.39, 0.29) is 0 Å². The van der Waals surface area contributed by atoms with Crippen LogP contribution in [0.2, 0.25) is 0 Å². The molecule has 0 atom stereocenters. The first-order chi connectivity index (χ1) is 6.61. The molecule has 4 heteroatoms. The van der Waals surface area contributed by atoms with Crippen LogP contribution in [0.15, 0.2) is 18.5 Å². The third-order valence-corrected chi connectivity index (χ3v) is 1.83. The van der Waals surface area contributed by atoms with Crippen LogP contribution in [-0.2, 0) is 6.54 Å². The zero-order chi connectivity index (χ0) is 10.6. The number of nitrogens with zero attached hydrogens (tertiary/aromatic N) is 1. The third-order valence-electron chi connectivity index (χ3n) is 1.83. The molecule has 0 saturated heterocycles. The first kappa shape index (κ1) is 10.7. The van der Waals surface area contributed by atoms with Crippen LogP contribution in [0.3, 0.4) is 0 Å². The molecule has 1 aromatic heterocycles. The number of carboxylic acids is 1. The van der Waals surface area contributed by atoms with Gasteiger partial charge in [0.25, 0.3) is 0 Å². The van der Waals surface area contributed by atoms with Crippen molar-refractivity contribution in [2.45, 2.75) is 26.4 Å². The van der Waals surface area contributed by atoms with E-state index in [1.54, 1.807) is 6.20 Å². The normalized spacial score (nSPS) is 10.5. The predicted octanol–water partition coefficient (Wildman–Crippen LogP) is 1.28. The van der Waals surface area contributed by atoms with Crippen LogP contribution in [0.5, 0.6) is 0 Å². The maximum absolute atomic E-state index is 10.8. The van der Waals surface area contributed by atoms with E-state index in [0.29, 0.717) is 23.7 Å². The number of hydrogen-bond donors (Lipinski definition) is 2. The number of carboxylic acid groups (broad SMARTS) is 1. The van der Waals surface area contributed by atoms with Crippen LogP contribution in [0.25, 0.3) is 0 Å². The molecule has 0 fully saturated rings. The van der Waals surface area contributed by atoms with Crippen molar-refractivity contribution in [2.75, 3.05) is 0 Å². The van der Waals surface area contributed by atoms with Crippen LogP contribution >= 0.6 is 0 Å². The summed E-state index contributed by atoms with van der Waals surface area (Å²) in [6.45, 7) is 4.56. The Labute approximate surface area is 83.0 Å². The molecule has 0 aromatic carbocycles. The molecule has 1 aromatic rings. The van der Waals surface area contributed by atoms with Gasteiger partial charge in [0.15, 0.2) is 0 Å². The number of hydrogen-bond acceptors (Lipinski definition) is 3. The fourth-order valence-electron chi connectivity index (χ4n) is 1.09. The largest absolute Gasteiger partial charge is 0.478 e. The lowest BCUT2D eigenvalue weighted by atomic mass is 10.1. The van der Waals surface area contributed by atoms with Crippen molar-refractivity contribution >= 4 is 5.97 Å². The number of carbonyl (C=O) groups is 1. The molecule has 0 unspecified atom stereocenters. The lowest BCUT2D eigenvalue weighted by Gasteiger charge is -2.09. The smallest absolute Gasteiger partial charge is 0.336 e. The van der Waals surface area contributed by atoms with E-state index in [2.05, 4.69) is 10.3 Å². The van der Waals surface area contributed by atoms with Gasteiger partial charge in [0, 0.05) is 25.0 Å². The average molecular weight is 194 g/mol. The Kier molecular flexibility index (Phi) is 3.59. The van der Waals surface area contributed by atoms with Gasteiger partial charge in [0.2, 0.25) is 0 Å². The highest BCUT2D eigenvalue weighted by molar-refractivity contribution is 5.89. The highest BCUT2D eigenvalue weighted by Gasteiger charge is 2.08. The molecule has 0 amide bonds. The summed E-state index contributed by atoms with van der Waals surface area (Å²) >= 11 is 0. The van der Waals surface area contributed by atoms with Crippen molar-refractivity contribution in [3.63, 3.8) is 0 Å². The van der Waals surface area contributed by atoms with E-state index >= 15 is 0 Å². The molecular weight excluding hydrogens is 180 g/mol. The minimum Gasteiger partial charge on any atom is -0.478 e. The van der Waals surface area contributed by atoms with Crippen LogP contribution in [0.1, 0.15) is 29.8 Å². The molecule has 0 aliphatic heterocycles. The van der Waals surface area contributed by atoms with Crippen molar-refractivity contribution < 1.29 is 9.90 Å². The second-order valence-corrected chi connectivity index (χ2v) is 3.37. The Morgan fingerprint density at radius 3 is 2.93 bits per heavy atom. The molecule has 1 rings (SSSR count). The number of rotatable bonds is 4.